The molecule has 0 aromatic carbocycles. The summed E-state index contributed by atoms with van der Waals surface area (Å²) in [6.45, 7) is 7.55. The molecule has 0 radical (unpaired) electrons. The Labute approximate surface area is 103 Å². The van der Waals surface area contributed by atoms with E-state index in [1.807, 2.05) is 27.7 Å². The van der Waals surface area contributed by atoms with Gasteiger partial charge in [-0.2, -0.15) is 0 Å². The van der Waals surface area contributed by atoms with E-state index in [-0.39, 0.29) is 17.9 Å². The fraction of sp³-hybridized carbons (Fsp3) is 0.846. The Morgan fingerprint density at radius 1 is 1.41 bits per heavy atom. The Hall–Kier alpha value is -1.06. The molecule has 0 bridgehead atoms. The third-order valence-electron chi connectivity index (χ3n) is 3.50. The molecule has 0 aliphatic carbocycles. The van der Waals surface area contributed by atoms with Gasteiger partial charge in [-0.25, -0.2) is 0 Å². The van der Waals surface area contributed by atoms with Gasteiger partial charge in [-0.15, -0.1) is 0 Å². The predicted octanol–water partition coefficient (Wildman–Crippen LogP) is 2.66. The van der Waals surface area contributed by atoms with Crippen LogP contribution in [0.15, 0.2) is 0 Å². The summed E-state index contributed by atoms with van der Waals surface area (Å²) in [5.41, 5.74) is -0.520. The van der Waals surface area contributed by atoms with Crippen LogP contribution in [0.2, 0.25) is 0 Å². The molecule has 1 rings (SSSR count). The lowest BCUT2D eigenvalue weighted by Gasteiger charge is -2.29. The minimum absolute atomic E-state index is 0.0378. The smallest absolute Gasteiger partial charge is 0.314 e. The van der Waals surface area contributed by atoms with Gasteiger partial charge in [0.05, 0.1) is 11.3 Å². The van der Waals surface area contributed by atoms with Crippen molar-refractivity contribution in [1.82, 2.24) is 0 Å². The lowest BCUT2D eigenvalue weighted by molar-refractivity contribution is -0.205. The second-order valence-corrected chi connectivity index (χ2v) is 5.19. The molecule has 0 amide bonds. The number of hydrogen-bond acceptors (Lipinski definition) is 4. The van der Waals surface area contributed by atoms with Gasteiger partial charge < -0.3 is 9.47 Å². The van der Waals surface area contributed by atoms with E-state index in [1.54, 1.807) is 0 Å². The monoisotopic (exact) mass is 242 g/mol. The number of hydrogen-bond donors (Lipinski definition) is 0. The number of carbonyl (C=O) groups is 2. The molecule has 0 saturated carbocycles. The van der Waals surface area contributed by atoms with Crippen molar-refractivity contribution in [3.63, 3.8) is 0 Å². The van der Waals surface area contributed by atoms with Crippen molar-refractivity contribution in [2.24, 2.45) is 11.3 Å². The fourth-order valence-electron chi connectivity index (χ4n) is 1.62. The molecule has 4 heteroatoms. The first kappa shape index (κ1) is 14.0. The minimum Gasteiger partial charge on any atom is -0.425 e. The summed E-state index contributed by atoms with van der Waals surface area (Å²) in [6.07, 6.45) is 2.13. The summed E-state index contributed by atoms with van der Waals surface area (Å²) in [4.78, 5) is 23.3. The highest BCUT2D eigenvalue weighted by atomic mass is 16.7. The van der Waals surface area contributed by atoms with Gasteiger partial charge in [0, 0.05) is 6.42 Å². The van der Waals surface area contributed by atoms with E-state index in [2.05, 4.69) is 0 Å². The molecule has 1 heterocycles. The Morgan fingerprint density at radius 3 is 2.53 bits per heavy atom. The lowest BCUT2D eigenvalue weighted by atomic mass is 9.90. The van der Waals surface area contributed by atoms with Crippen molar-refractivity contribution in [3.8, 4) is 0 Å². The van der Waals surface area contributed by atoms with Crippen LogP contribution in [0.3, 0.4) is 0 Å². The molecule has 1 fully saturated rings. The Morgan fingerprint density at radius 2 is 2.06 bits per heavy atom. The average Bonchev–Trinajstić information content (AvgIpc) is 2.29. The van der Waals surface area contributed by atoms with Crippen LogP contribution in [-0.4, -0.2) is 18.2 Å². The summed E-state index contributed by atoms with van der Waals surface area (Å²) < 4.78 is 10.3. The van der Waals surface area contributed by atoms with Gasteiger partial charge >= 0.3 is 11.9 Å². The molecule has 1 aliphatic rings. The van der Waals surface area contributed by atoms with Crippen molar-refractivity contribution < 1.29 is 19.1 Å². The first-order valence-corrected chi connectivity index (χ1v) is 6.32. The van der Waals surface area contributed by atoms with E-state index >= 15 is 0 Å². The number of cyclic esters (lactones) is 1. The molecular formula is C13H22O4. The van der Waals surface area contributed by atoms with Gasteiger partial charge in [-0.3, -0.25) is 9.59 Å². The number of carbonyl (C=O) groups excluding carboxylic acids is 2. The summed E-state index contributed by atoms with van der Waals surface area (Å²) in [6, 6.07) is 0. The highest BCUT2D eigenvalue weighted by molar-refractivity contribution is 5.77. The molecular weight excluding hydrogens is 220 g/mol. The maximum absolute atomic E-state index is 11.8. The zero-order chi connectivity index (χ0) is 13.1. The topological polar surface area (TPSA) is 52.6 Å². The largest absolute Gasteiger partial charge is 0.425 e. The zero-order valence-corrected chi connectivity index (χ0v) is 11.1. The van der Waals surface area contributed by atoms with E-state index in [9.17, 15) is 9.59 Å². The summed E-state index contributed by atoms with van der Waals surface area (Å²) in [5.74, 6) is -0.581. The first-order valence-electron chi connectivity index (χ1n) is 6.32. The van der Waals surface area contributed by atoms with Gasteiger partial charge in [-0.05, 0) is 33.1 Å². The van der Waals surface area contributed by atoms with Crippen LogP contribution < -0.4 is 0 Å². The Bertz CT molecular complexity index is 296. The van der Waals surface area contributed by atoms with Crippen molar-refractivity contribution in [1.29, 1.82) is 0 Å². The van der Waals surface area contributed by atoms with Gasteiger partial charge in [0.1, 0.15) is 0 Å². The second kappa shape index (κ2) is 5.52. The van der Waals surface area contributed by atoms with E-state index in [1.165, 1.54) is 0 Å². The normalized spacial score (nSPS) is 25.3. The highest BCUT2D eigenvalue weighted by Crippen LogP contribution is 2.27. The Kier molecular flexibility index (Phi) is 4.54. The van der Waals surface area contributed by atoms with Crippen molar-refractivity contribution in [2.75, 3.05) is 0 Å². The van der Waals surface area contributed by atoms with Crippen LogP contribution in [-0.2, 0) is 19.1 Å². The zero-order valence-electron chi connectivity index (χ0n) is 11.1. The lowest BCUT2D eigenvalue weighted by Crippen LogP contribution is -2.37. The van der Waals surface area contributed by atoms with Crippen LogP contribution >= 0.6 is 0 Å². The SMILES string of the molecule is CCC1CCC(OC(=O)C(C)(C)CC)OC1=O. The third-order valence-corrected chi connectivity index (χ3v) is 3.50. The molecule has 2 atom stereocenters. The number of ether oxygens (including phenoxy) is 2. The molecule has 0 aromatic rings. The predicted molar refractivity (Wildman–Crippen MR) is 63.1 cm³/mol. The van der Waals surface area contributed by atoms with Gasteiger partial charge in [-0.1, -0.05) is 13.8 Å². The molecule has 4 nitrogen and oxygen atoms in total. The molecule has 98 valence electrons. The van der Waals surface area contributed by atoms with Gasteiger partial charge in [0.15, 0.2) is 0 Å². The molecule has 17 heavy (non-hydrogen) atoms. The summed E-state index contributed by atoms with van der Waals surface area (Å²) in [5, 5.41) is 0. The second-order valence-electron chi connectivity index (χ2n) is 5.19. The Balaban J connectivity index is 2.50. The summed E-state index contributed by atoms with van der Waals surface area (Å²) in [7, 11) is 0. The van der Waals surface area contributed by atoms with Crippen LogP contribution in [0.1, 0.15) is 53.4 Å². The highest BCUT2D eigenvalue weighted by Gasteiger charge is 2.34. The van der Waals surface area contributed by atoms with Crippen LogP contribution in [0.5, 0.6) is 0 Å². The van der Waals surface area contributed by atoms with E-state index < -0.39 is 11.7 Å². The quantitative estimate of drug-likeness (QED) is 0.711. The first-order chi connectivity index (χ1) is 7.90. The van der Waals surface area contributed by atoms with Crippen LogP contribution in [0.25, 0.3) is 0 Å². The fourth-order valence-corrected chi connectivity index (χ4v) is 1.62. The van der Waals surface area contributed by atoms with Crippen molar-refractivity contribution >= 4 is 11.9 Å². The number of esters is 2. The molecule has 0 aromatic heterocycles. The molecule has 0 N–H and O–H groups in total. The van der Waals surface area contributed by atoms with Crippen LogP contribution in [0.4, 0.5) is 0 Å². The van der Waals surface area contributed by atoms with E-state index in [4.69, 9.17) is 9.47 Å². The summed E-state index contributed by atoms with van der Waals surface area (Å²) >= 11 is 0. The van der Waals surface area contributed by atoms with Crippen molar-refractivity contribution in [3.05, 3.63) is 0 Å². The number of rotatable bonds is 4. The molecule has 2 unspecified atom stereocenters. The third kappa shape index (κ3) is 3.45. The van der Waals surface area contributed by atoms with Gasteiger partial charge in [0.25, 0.3) is 0 Å². The van der Waals surface area contributed by atoms with Gasteiger partial charge in [0.2, 0.25) is 6.29 Å². The standard InChI is InChI=1S/C13H22O4/c1-5-9-7-8-10(16-11(9)14)17-12(15)13(3,4)6-2/h9-10H,5-8H2,1-4H3. The molecule has 1 saturated heterocycles. The molecule has 1 aliphatic heterocycles. The average molecular weight is 242 g/mol. The minimum atomic E-state index is -0.691. The van der Waals surface area contributed by atoms with Crippen LogP contribution in [0, 0.1) is 11.3 Å². The van der Waals surface area contributed by atoms with E-state index in [0.29, 0.717) is 12.8 Å². The van der Waals surface area contributed by atoms with E-state index in [0.717, 1.165) is 12.8 Å². The maximum atomic E-state index is 11.8. The molecule has 0 spiro atoms. The van der Waals surface area contributed by atoms with Crippen molar-refractivity contribution in [2.45, 2.75) is 59.7 Å². The maximum Gasteiger partial charge on any atom is 0.314 e.